The minimum atomic E-state index is 0.0831. The van der Waals surface area contributed by atoms with E-state index in [9.17, 15) is 0 Å². The van der Waals surface area contributed by atoms with E-state index in [1.54, 1.807) is 0 Å². The van der Waals surface area contributed by atoms with Crippen molar-refractivity contribution in [2.75, 3.05) is 0 Å². The first kappa shape index (κ1) is 13.8. The van der Waals surface area contributed by atoms with Crippen LogP contribution in [0.4, 0.5) is 0 Å². The normalized spacial score (nSPS) is 12.1. The van der Waals surface area contributed by atoms with Crippen LogP contribution in [-0.2, 0) is 13.1 Å². The van der Waals surface area contributed by atoms with Crippen molar-refractivity contribution in [3.05, 3.63) is 35.2 Å². The first-order valence-electron chi connectivity index (χ1n) is 6.53. The van der Waals surface area contributed by atoms with Crippen molar-refractivity contribution in [2.45, 2.75) is 53.2 Å². The van der Waals surface area contributed by atoms with Gasteiger partial charge in [-0.1, -0.05) is 5.16 Å². The van der Waals surface area contributed by atoms with E-state index < -0.39 is 0 Å². The van der Waals surface area contributed by atoms with Gasteiger partial charge in [0.05, 0.1) is 18.8 Å². The van der Waals surface area contributed by atoms with Gasteiger partial charge in [0.15, 0.2) is 0 Å². The lowest BCUT2D eigenvalue weighted by atomic mass is 10.1. The second-order valence-corrected chi connectivity index (χ2v) is 5.88. The molecule has 0 aliphatic rings. The van der Waals surface area contributed by atoms with Gasteiger partial charge in [0.25, 0.3) is 0 Å². The predicted octanol–water partition coefficient (Wildman–Crippen LogP) is 2.42. The Hall–Kier alpha value is -1.62. The van der Waals surface area contributed by atoms with E-state index in [0.29, 0.717) is 0 Å². The lowest BCUT2D eigenvalue weighted by Crippen LogP contribution is -2.36. The van der Waals surface area contributed by atoms with Gasteiger partial charge in [-0.3, -0.25) is 0 Å². The monoisotopic (exact) mass is 262 g/mol. The van der Waals surface area contributed by atoms with Crippen molar-refractivity contribution < 1.29 is 4.52 Å². The minimum Gasteiger partial charge on any atom is -0.361 e. The van der Waals surface area contributed by atoms with Crippen LogP contribution in [0.5, 0.6) is 0 Å². The Labute approximate surface area is 114 Å². The fourth-order valence-corrected chi connectivity index (χ4v) is 1.89. The van der Waals surface area contributed by atoms with Crippen LogP contribution in [0.2, 0.25) is 0 Å². The minimum absolute atomic E-state index is 0.0831. The summed E-state index contributed by atoms with van der Waals surface area (Å²) in [5.41, 5.74) is 2.16. The summed E-state index contributed by atoms with van der Waals surface area (Å²) in [6, 6.07) is 0. The van der Waals surface area contributed by atoms with E-state index in [4.69, 9.17) is 4.52 Å². The summed E-state index contributed by atoms with van der Waals surface area (Å²) in [4.78, 5) is 4.41. The second kappa shape index (κ2) is 5.17. The highest BCUT2D eigenvalue weighted by molar-refractivity contribution is 5.21. The van der Waals surface area contributed by atoms with Gasteiger partial charge in [-0.05, 0) is 34.6 Å². The molecule has 2 heterocycles. The van der Waals surface area contributed by atoms with Crippen LogP contribution in [0, 0.1) is 13.8 Å². The first-order chi connectivity index (χ1) is 8.87. The van der Waals surface area contributed by atoms with Crippen molar-refractivity contribution in [1.29, 1.82) is 0 Å². The molecule has 0 fully saturated rings. The Morgan fingerprint density at radius 1 is 1.32 bits per heavy atom. The lowest BCUT2D eigenvalue weighted by Gasteiger charge is -2.20. The summed E-state index contributed by atoms with van der Waals surface area (Å²) < 4.78 is 7.33. The molecule has 0 radical (unpaired) electrons. The van der Waals surface area contributed by atoms with Gasteiger partial charge in [0, 0.05) is 23.5 Å². The summed E-state index contributed by atoms with van der Waals surface area (Å²) in [5, 5.41) is 7.44. The number of hydrogen-bond acceptors (Lipinski definition) is 4. The lowest BCUT2D eigenvalue weighted by molar-refractivity contribution is 0.391. The topological polar surface area (TPSA) is 55.9 Å². The van der Waals surface area contributed by atoms with E-state index in [-0.39, 0.29) is 5.54 Å². The van der Waals surface area contributed by atoms with Crippen molar-refractivity contribution in [1.82, 2.24) is 20.0 Å². The second-order valence-electron chi connectivity index (χ2n) is 5.88. The van der Waals surface area contributed by atoms with Crippen LogP contribution >= 0.6 is 0 Å². The van der Waals surface area contributed by atoms with Crippen molar-refractivity contribution in [3.63, 3.8) is 0 Å². The van der Waals surface area contributed by atoms with E-state index >= 15 is 0 Å². The molecule has 19 heavy (non-hydrogen) atoms. The first-order valence-corrected chi connectivity index (χ1v) is 6.53. The molecule has 5 heteroatoms. The number of nitrogens with one attached hydrogen (secondary N) is 1. The number of aromatic nitrogens is 3. The summed E-state index contributed by atoms with van der Waals surface area (Å²) in [6.07, 6.45) is 3.82. The molecule has 0 spiro atoms. The van der Waals surface area contributed by atoms with Crippen molar-refractivity contribution >= 4 is 0 Å². The average molecular weight is 262 g/mol. The molecule has 0 unspecified atom stereocenters. The van der Waals surface area contributed by atoms with Gasteiger partial charge in [-0.15, -0.1) is 0 Å². The van der Waals surface area contributed by atoms with Crippen LogP contribution < -0.4 is 5.32 Å². The Bertz CT molecular complexity index is 529. The quantitative estimate of drug-likeness (QED) is 0.919. The maximum atomic E-state index is 5.20. The molecule has 1 N–H and O–H groups in total. The third kappa shape index (κ3) is 3.44. The molecule has 0 saturated heterocycles. The number of rotatable bonds is 4. The van der Waals surface area contributed by atoms with Gasteiger partial charge < -0.3 is 14.4 Å². The Kier molecular flexibility index (Phi) is 3.75. The average Bonchev–Trinajstić information content (AvgIpc) is 2.87. The van der Waals surface area contributed by atoms with Crippen molar-refractivity contribution in [3.8, 4) is 0 Å². The molecule has 0 saturated carbocycles. The van der Waals surface area contributed by atoms with Crippen LogP contribution in [0.15, 0.2) is 16.9 Å². The molecule has 5 nitrogen and oxygen atoms in total. The molecule has 104 valence electrons. The predicted molar refractivity (Wildman–Crippen MR) is 73.9 cm³/mol. The van der Waals surface area contributed by atoms with E-state index in [2.05, 4.69) is 40.8 Å². The van der Waals surface area contributed by atoms with E-state index in [0.717, 1.165) is 35.9 Å². The fourth-order valence-electron chi connectivity index (χ4n) is 1.89. The zero-order chi connectivity index (χ0) is 14.0. The molecule has 2 aromatic heterocycles. The smallest absolute Gasteiger partial charge is 0.138 e. The van der Waals surface area contributed by atoms with Gasteiger partial charge in [-0.2, -0.15) is 0 Å². The van der Waals surface area contributed by atoms with Crippen LogP contribution in [-0.4, -0.2) is 20.2 Å². The Balaban J connectivity index is 2.12. The highest BCUT2D eigenvalue weighted by Crippen LogP contribution is 2.15. The van der Waals surface area contributed by atoms with Crippen molar-refractivity contribution in [2.24, 2.45) is 0 Å². The number of aryl methyl sites for hydroxylation is 2. The summed E-state index contributed by atoms with van der Waals surface area (Å²) in [6.45, 7) is 11.9. The maximum Gasteiger partial charge on any atom is 0.138 e. The zero-order valence-electron chi connectivity index (χ0n) is 12.3. The molecule has 0 amide bonds. The largest absolute Gasteiger partial charge is 0.361 e. The Morgan fingerprint density at radius 3 is 2.63 bits per heavy atom. The van der Waals surface area contributed by atoms with Gasteiger partial charge in [0.2, 0.25) is 0 Å². The van der Waals surface area contributed by atoms with E-state index in [1.165, 1.54) is 0 Å². The molecule has 2 rings (SSSR count). The van der Waals surface area contributed by atoms with Crippen LogP contribution in [0.3, 0.4) is 0 Å². The number of imidazole rings is 1. The van der Waals surface area contributed by atoms with Crippen LogP contribution in [0.25, 0.3) is 0 Å². The molecule has 0 bridgehead atoms. The summed E-state index contributed by atoms with van der Waals surface area (Å²) in [5.74, 6) is 1.90. The molecule has 2 aromatic rings. The van der Waals surface area contributed by atoms with Gasteiger partial charge >= 0.3 is 0 Å². The van der Waals surface area contributed by atoms with Crippen LogP contribution in [0.1, 0.15) is 43.6 Å². The molecular weight excluding hydrogens is 240 g/mol. The van der Waals surface area contributed by atoms with Gasteiger partial charge in [0.1, 0.15) is 11.6 Å². The highest BCUT2D eigenvalue weighted by Gasteiger charge is 2.14. The number of nitrogens with zero attached hydrogens (tertiary/aromatic N) is 3. The molecule has 0 aromatic carbocycles. The third-order valence-corrected chi connectivity index (χ3v) is 3.09. The summed E-state index contributed by atoms with van der Waals surface area (Å²) in [7, 11) is 0. The number of hydrogen-bond donors (Lipinski definition) is 1. The third-order valence-electron chi connectivity index (χ3n) is 3.09. The standard InChI is InChI=1S/C14H22N4O/c1-10-12(11(2)19-17-10)9-18-7-6-15-13(18)8-16-14(3,4)5/h6-7,16H,8-9H2,1-5H3. The van der Waals surface area contributed by atoms with E-state index in [1.807, 2.05) is 26.2 Å². The zero-order valence-corrected chi connectivity index (χ0v) is 12.3. The fraction of sp³-hybridized carbons (Fsp3) is 0.571. The van der Waals surface area contributed by atoms with Gasteiger partial charge in [-0.25, -0.2) is 4.98 Å². The molecular formula is C14H22N4O. The SMILES string of the molecule is Cc1noc(C)c1Cn1ccnc1CNC(C)(C)C. The molecule has 0 aliphatic heterocycles. The molecule has 0 atom stereocenters. The Morgan fingerprint density at radius 2 is 2.05 bits per heavy atom. The summed E-state index contributed by atoms with van der Waals surface area (Å²) >= 11 is 0. The maximum absolute atomic E-state index is 5.20. The molecule has 0 aliphatic carbocycles. The highest BCUT2D eigenvalue weighted by atomic mass is 16.5.